The molecule has 1 aromatic carbocycles. The molecule has 1 fully saturated rings. The molecule has 1 saturated heterocycles. The van der Waals surface area contributed by atoms with Crippen LogP contribution in [0.25, 0.3) is 11.3 Å². The predicted octanol–water partition coefficient (Wildman–Crippen LogP) is 1.79. The van der Waals surface area contributed by atoms with Gasteiger partial charge in [-0.3, -0.25) is 9.69 Å². The van der Waals surface area contributed by atoms with E-state index in [0.717, 1.165) is 38.4 Å². The van der Waals surface area contributed by atoms with Gasteiger partial charge in [-0.05, 0) is 6.92 Å². The van der Waals surface area contributed by atoms with E-state index in [-0.39, 0.29) is 17.7 Å². The molecule has 3 rings (SSSR count). The molecule has 6 nitrogen and oxygen atoms in total. The Bertz CT molecular complexity index is 636. The molecule has 2 heterocycles. The third-order valence-corrected chi connectivity index (χ3v) is 3.83. The van der Waals surface area contributed by atoms with E-state index < -0.39 is 0 Å². The molecular formula is C17H21N3O3. The highest BCUT2D eigenvalue weighted by Gasteiger charge is 2.21. The van der Waals surface area contributed by atoms with Crippen molar-refractivity contribution in [3.8, 4) is 11.3 Å². The fourth-order valence-corrected chi connectivity index (χ4v) is 2.71. The summed E-state index contributed by atoms with van der Waals surface area (Å²) in [7, 11) is 0. The van der Waals surface area contributed by atoms with Gasteiger partial charge in [-0.15, -0.1) is 0 Å². The van der Waals surface area contributed by atoms with Crippen LogP contribution in [0.1, 0.15) is 17.5 Å². The number of rotatable bonds is 5. The monoisotopic (exact) mass is 315 g/mol. The number of nitrogens with one attached hydrogen (secondary N) is 1. The summed E-state index contributed by atoms with van der Waals surface area (Å²) < 4.78 is 10.6. The Morgan fingerprint density at radius 2 is 2.04 bits per heavy atom. The molecule has 1 N–H and O–H groups in total. The summed E-state index contributed by atoms with van der Waals surface area (Å²) in [6, 6.07) is 9.58. The zero-order valence-electron chi connectivity index (χ0n) is 13.2. The largest absolute Gasteiger partial charge is 0.438 e. The van der Waals surface area contributed by atoms with Gasteiger partial charge in [-0.25, -0.2) is 4.98 Å². The second-order valence-electron chi connectivity index (χ2n) is 5.68. The standard InChI is InChI=1S/C17H21N3O3/c1-13(11-20-7-9-22-10-8-20)19-17(21)16-15(18-12-23-16)14-5-3-2-4-6-14/h2-6,12-13H,7-11H2,1H3,(H,19,21)/t13-/m1/s1. The molecule has 23 heavy (non-hydrogen) atoms. The summed E-state index contributed by atoms with van der Waals surface area (Å²) in [5.74, 6) is 0.0205. The van der Waals surface area contributed by atoms with Crippen LogP contribution < -0.4 is 5.32 Å². The van der Waals surface area contributed by atoms with Crippen molar-refractivity contribution in [1.29, 1.82) is 0 Å². The lowest BCUT2D eigenvalue weighted by atomic mass is 10.1. The van der Waals surface area contributed by atoms with Crippen LogP contribution in [0.5, 0.6) is 0 Å². The van der Waals surface area contributed by atoms with Crippen molar-refractivity contribution >= 4 is 5.91 Å². The first-order valence-electron chi connectivity index (χ1n) is 7.84. The van der Waals surface area contributed by atoms with Crippen LogP contribution in [-0.2, 0) is 4.74 Å². The van der Waals surface area contributed by atoms with Gasteiger partial charge in [0.15, 0.2) is 6.39 Å². The summed E-state index contributed by atoms with van der Waals surface area (Å²) in [5.41, 5.74) is 1.44. The summed E-state index contributed by atoms with van der Waals surface area (Å²) in [6.45, 7) is 6.09. The van der Waals surface area contributed by atoms with E-state index in [1.807, 2.05) is 37.3 Å². The smallest absolute Gasteiger partial charge is 0.289 e. The van der Waals surface area contributed by atoms with E-state index in [2.05, 4.69) is 15.2 Å². The number of hydrogen-bond acceptors (Lipinski definition) is 5. The predicted molar refractivity (Wildman–Crippen MR) is 86.1 cm³/mol. The number of morpholine rings is 1. The molecular weight excluding hydrogens is 294 g/mol. The van der Waals surface area contributed by atoms with E-state index in [4.69, 9.17) is 9.15 Å². The Morgan fingerprint density at radius 3 is 2.78 bits per heavy atom. The Morgan fingerprint density at radius 1 is 1.30 bits per heavy atom. The number of ether oxygens (including phenoxy) is 1. The molecule has 1 aliphatic rings. The Kier molecular flexibility index (Phi) is 5.05. The maximum Gasteiger partial charge on any atom is 0.289 e. The van der Waals surface area contributed by atoms with Crippen molar-refractivity contribution in [3.63, 3.8) is 0 Å². The fraction of sp³-hybridized carbons (Fsp3) is 0.412. The van der Waals surface area contributed by atoms with Gasteiger partial charge in [0, 0.05) is 31.2 Å². The minimum Gasteiger partial charge on any atom is -0.438 e. The van der Waals surface area contributed by atoms with Gasteiger partial charge in [-0.1, -0.05) is 30.3 Å². The highest BCUT2D eigenvalue weighted by atomic mass is 16.5. The lowest BCUT2D eigenvalue weighted by Crippen LogP contribution is -2.46. The summed E-state index contributed by atoms with van der Waals surface area (Å²) in [6.07, 6.45) is 1.31. The van der Waals surface area contributed by atoms with E-state index in [0.29, 0.717) is 5.69 Å². The van der Waals surface area contributed by atoms with Crippen LogP contribution in [0.3, 0.4) is 0 Å². The van der Waals surface area contributed by atoms with Crippen molar-refractivity contribution in [2.75, 3.05) is 32.8 Å². The molecule has 2 aromatic rings. The van der Waals surface area contributed by atoms with Crippen molar-refractivity contribution in [2.24, 2.45) is 0 Å². The SMILES string of the molecule is C[C@H](CN1CCOCC1)NC(=O)c1ocnc1-c1ccccc1. The lowest BCUT2D eigenvalue weighted by molar-refractivity contribution is 0.0341. The summed E-state index contributed by atoms with van der Waals surface area (Å²) in [5, 5.41) is 2.98. The Balaban J connectivity index is 1.63. The van der Waals surface area contributed by atoms with E-state index in [1.165, 1.54) is 6.39 Å². The summed E-state index contributed by atoms with van der Waals surface area (Å²) in [4.78, 5) is 18.9. The number of carbonyl (C=O) groups is 1. The molecule has 1 atom stereocenters. The number of amides is 1. The average molecular weight is 315 g/mol. The van der Waals surface area contributed by atoms with Crippen LogP contribution in [0.4, 0.5) is 0 Å². The highest BCUT2D eigenvalue weighted by molar-refractivity contribution is 5.97. The zero-order valence-corrected chi connectivity index (χ0v) is 13.2. The third kappa shape index (κ3) is 3.97. The molecule has 1 aromatic heterocycles. The first-order valence-corrected chi connectivity index (χ1v) is 7.84. The second kappa shape index (κ2) is 7.39. The van der Waals surface area contributed by atoms with Crippen molar-refractivity contribution in [1.82, 2.24) is 15.2 Å². The number of nitrogens with zero attached hydrogens (tertiary/aromatic N) is 2. The van der Waals surface area contributed by atoms with E-state index in [1.54, 1.807) is 0 Å². The molecule has 0 spiro atoms. The van der Waals surface area contributed by atoms with Gasteiger partial charge in [0.1, 0.15) is 5.69 Å². The second-order valence-corrected chi connectivity index (χ2v) is 5.68. The maximum atomic E-state index is 12.5. The normalized spacial score (nSPS) is 16.9. The average Bonchev–Trinajstić information content (AvgIpc) is 3.06. The third-order valence-electron chi connectivity index (χ3n) is 3.83. The van der Waals surface area contributed by atoms with E-state index >= 15 is 0 Å². The zero-order chi connectivity index (χ0) is 16.1. The van der Waals surface area contributed by atoms with Gasteiger partial charge < -0.3 is 14.5 Å². The van der Waals surface area contributed by atoms with Gasteiger partial charge >= 0.3 is 0 Å². The van der Waals surface area contributed by atoms with Gasteiger partial charge in [0.25, 0.3) is 5.91 Å². The molecule has 1 amide bonds. The molecule has 122 valence electrons. The Labute approximate surface area is 135 Å². The van der Waals surface area contributed by atoms with Gasteiger partial charge in [-0.2, -0.15) is 0 Å². The number of carbonyl (C=O) groups excluding carboxylic acids is 1. The molecule has 0 saturated carbocycles. The van der Waals surface area contributed by atoms with Crippen LogP contribution >= 0.6 is 0 Å². The number of benzene rings is 1. The number of aromatic nitrogens is 1. The quantitative estimate of drug-likeness (QED) is 0.911. The van der Waals surface area contributed by atoms with Crippen molar-refractivity contribution in [2.45, 2.75) is 13.0 Å². The minimum atomic E-state index is -0.234. The topological polar surface area (TPSA) is 67.6 Å². The van der Waals surface area contributed by atoms with Crippen LogP contribution in [-0.4, -0.2) is 54.7 Å². The number of oxazole rings is 1. The first kappa shape index (κ1) is 15.7. The molecule has 0 radical (unpaired) electrons. The number of hydrogen-bond donors (Lipinski definition) is 1. The molecule has 0 bridgehead atoms. The molecule has 0 unspecified atom stereocenters. The molecule has 6 heteroatoms. The van der Waals surface area contributed by atoms with E-state index in [9.17, 15) is 4.79 Å². The van der Waals surface area contributed by atoms with Gasteiger partial charge in [0.05, 0.1) is 13.2 Å². The summed E-state index contributed by atoms with van der Waals surface area (Å²) >= 11 is 0. The van der Waals surface area contributed by atoms with Crippen molar-refractivity contribution in [3.05, 3.63) is 42.5 Å². The van der Waals surface area contributed by atoms with Crippen LogP contribution in [0, 0.1) is 0 Å². The minimum absolute atomic E-state index is 0.0225. The van der Waals surface area contributed by atoms with Crippen molar-refractivity contribution < 1.29 is 13.9 Å². The molecule has 1 aliphatic heterocycles. The van der Waals surface area contributed by atoms with Crippen LogP contribution in [0.15, 0.2) is 41.1 Å². The maximum absolute atomic E-state index is 12.5. The lowest BCUT2D eigenvalue weighted by Gasteiger charge is -2.29. The molecule has 0 aliphatic carbocycles. The first-order chi connectivity index (χ1) is 11.2. The van der Waals surface area contributed by atoms with Crippen LogP contribution in [0.2, 0.25) is 0 Å². The Hall–Kier alpha value is -2.18. The fourth-order valence-electron chi connectivity index (χ4n) is 2.71. The highest BCUT2D eigenvalue weighted by Crippen LogP contribution is 2.21. The van der Waals surface area contributed by atoms with Gasteiger partial charge in [0.2, 0.25) is 5.76 Å².